The van der Waals surface area contributed by atoms with Crippen molar-refractivity contribution in [1.29, 1.82) is 0 Å². The van der Waals surface area contributed by atoms with Crippen molar-refractivity contribution in [2.45, 2.75) is 0 Å². The fourth-order valence-corrected chi connectivity index (χ4v) is 2.76. The molecule has 0 saturated heterocycles. The van der Waals surface area contributed by atoms with Crippen LogP contribution in [-0.2, 0) is 0 Å². The highest BCUT2D eigenvalue weighted by atomic mass is 79.9. The molecule has 0 bridgehead atoms. The van der Waals surface area contributed by atoms with Crippen LogP contribution in [0.4, 0.5) is 10.1 Å². The van der Waals surface area contributed by atoms with Gasteiger partial charge < -0.3 is 5.32 Å². The van der Waals surface area contributed by atoms with E-state index in [2.05, 4.69) is 37.2 Å². The van der Waals surface area contributed by atoms with Crippen LogP contribution >= 0.6 is 31.9 Å². The summed E-state index contributed by atoms with van der Waals surface area (Å²) in [5.41, 5.74) is 0.609. The van der Waals surface area contributed by atoms with E-state index in [1.807, 2.05) is 6.07 Å². The molecule has 0 radical (unpaired) electrons. The average Bonchev–Trinajstić information content (AvgIpc) is 2.27. The smallest absolute Gasteiger partial charge is 0.258 e. The molecule has 0 unspecified atom stereocenters. The number of amides is 1. The first kappa shape index (κ1) is 13.2. The Labute approximate surface area is 120 Å². The van der Waals surface area contributed by atoms with Crippen LogP contribution in [0.1, 0.15) is 10.4 Å². The second-order valence-corrected chi connectivity index (χ2v) is 5.42. The summed E-state index contributed by atoms with van der Waals surface area (Å²) >= 11 is 6.64. The van der Waals surface area contributed by atoms with Crippen LogP contribution in [0.25, 0.3) is 0 Å². The number of benzene rings is 2. The van der Waals surface area contributed by atoms with E-state index >= 15 is 0 Å². The summed E-state index contributed by atoms with van der Waals surface area (Å²) in [5.74, 6) is -1.01. The van der Waals surface area contributed by atoms with Gasteiger partial charge in [0, 0.05) is 14.6 Å². The van der Waals surface area contributed by atoms with Gasteiger partial charge in [0.2, 0.25) is 0 Å². The van der Waals surface area contributed by atoms with Gasteiger partial charge in [-0.2, -0.15) is 0 Å². The lowest BCUT2D eigenvalue weighted by Crippen LogP contribution is -2.13. The van der Waals surface area contributed by atoms with Crippen LogP contribution in [0.15, 0.2) is 51.4 Å². The van der Waals surface area contributed by atoms with Crippen molar-refractivity contribution in [3.8, 4) is 0 Å². The third-order valence-electron chi connectivity index (χ3n) is 2.24. The minimum Gasteiger partial charge on any atom is -0.322 e. The van der Waals surface area contributed by atoms with Crippen LogP contribution in [0.5, 0.6) is 0 Å². The maximum Gasteiger partial charge on any atom is 0.258 e. The quantitative estimate of drug-likeness (QED) is 0.819. The Morgan fingerprint density at radius 3 is 2.28 bits per heavy atom. The zero-order valence-electron chi connectivity index (χ0n) is 9.08. The molecule has 0 saturated carbocycles. The van der Waals surface area contributed by atoms with Crippen molar-refractivity contribution < 1.29 is 9.18 Å². The summed E-state index contributed by atoms with van der Waals surface area (Å²) in [6, 6.07) is 11.2. The van der Waals surface area contributed by atoms with Gasteiger partial charge in [0.25, 0.3) is 5.91 Å². The largest absolute Gasteiger partial charge is 0.322 e. The molecule has 0 spiro atoms. The summed E-state index contributed by atoms with van der Waals surface area (Å²) in [4.78, 5) is 11.9. The lowest BCUT2D eigenvalue weighted by molar-refractivity contribution is 0.102. The van der Waals surface area contributed by atoms with Crippen molar-refractivity contribution in [1.82, 2.24) is 0 Å². The first-order valence-electron chi connectivity index (χ1n) is 5.08. The van der Waals surface area contributed by atoms with Gasteiger partial charge in [0.15, 0.2) is 0 Å². The number of hydrogen-bond acceptors (Lipinski definition) is 1. The minimum atomic E-state index is -0.538. The van der Waals surface area contributed by atoms with E-state index in [9.17, 15) is 9.18 Å². The van der Waals surface area contributed by atoms with Crippen molar-refractivity contribution in [2.24, 2.45) is 0 Å². The first-order chi connectivity index (χ1) is 8.56. The molecule has 0 fully saturated rings. The zero-order chi connectivity index (χ0) is 13.1. The topological polar surface area (TPSA) is 29.1 Å². The lowest BCUT2D eigenvalue weighted by atomic mass is 10.2. The normalized spacial score (nSPS) is 10.2. The molecule has 0 aliphatic heterocycles. The number of carbonyl (C=O) groups excluding carboxylic acids is 1. The Kier molecular flexibility index (Phi) is 4.14. The maximum atomic E-state index is 13.4. The molecular formula is C13H8Br2FNO. The molecule has 2 rings (SSSR count). The maximum absolute atomic E-state index is 13.4. The molecule has 2 aromatic rings. The predicted molar refractivity (Wildman–Crippen MR) is 76.2 cm³/mol. The highest BCUT2D eigenvalue weighted by molar-refractivity contribution is 9.11. The SMILES string of the molecule is O=C(Nc1cc(Br)cc(Br)c1)c1ccccc1F. The molecular weight excluding hydrogens is 365 g/mol. The summed E-state index contributed by atoms with van der Waals surface area (Å²) in [6.45, 7) is 0. The van der Waals surface area contributed by atoms with Crippen LogP contribution < -0.4 is 5.32 Å². The Morgan fingerprint density at radius 2 is 1.67 bits per heavy atom. The Balaban J connectivity index is 2.24. The predicted octanol–water partition coefficient (Wildman–Crippen LogP) is 4.60. The molecule has 0 aromatic heterocycles. The van der Waals surface area contributed by atoms with E-state index < -0.39 is 11.7 Å². The van der Waals surface area contributed by atoms with Gasteiger partial charge in [0.1, 0.15) is 5.82 Å². The van der Waals surface area contributed by atoms with Crippen molar-refractivity contribution in [3.05, 3.63) is 62.8 Å². The number of nitrogens with one attached hydrogen (secondary N) is 1. The summed E-state index contributed by atoms with van der Waals surface area (Å²) in [5, 5.41) is 2.64. The Bertz CT molecular complexity index is 581. The lowest BCUT2D eigenvalue weighted by Gasteiger charge is -2.07. The van der Waals surface area contributed by atoms with Crippen molar-refractivity contribution in [3.63, 3.8) is 0 Å². The number of halogens is 3. The van der Waals surface area contributed by atoms with Crippen molar-refractivity contribution in [2.75, 3.05) is 5.32 Å². The summed E-state index contributed by atoms with van der Waals surface area (Å²) in [6.07, 6.45) is 0. The van der Waals surface area contributed by atoms with Gasteiger partial charge in [-0.05, 0) is 30.3 Å². The van der Waals surface area contributed by atoms with E-state index in [4.69, 9.17) is 0 Å². The third-order valence-corrected chi connectivity index (χ3v) is 3.15. The summed E-state index contributed by atoms with van der Waals surface area (Å²) in [7, 11) is 0. The number of anilines is 1. The highest BCUT2D eigenvalue weighted by Crippen LogP contribution is 2.23. The second-order valence-electron chi connectivity index (χ2n) is 3.59. The van der Waals surface area contributed by atoms with Gasteiger partial charge in [-0.1, -0.05) is 44.0 Å². The van der Waals surface area contributed by atoms with Gasteiger partial charge >= 0.3 is 0 Å². The fourth-order valence-electron chi connectivity index (χ4n) is 1.47. The zero-order valence-corrected chi connectivity index (χ0v) is 12.3. The van der Waals surface area contributed by atoms with E-state index in [0.29, 0.717) is 5.69 Å². The van der Waals surface area contributed by atoms with Gasteiger partial charge in [-0.3, -0.25) is 4.79 Å². The average molecular weight is 373 g/mol. The number of rotatable bonds is 2. The molecule has 92 valence electrons. The standard InChI is InChI=1S/C13H8Br2FNO/c14-8-5-9(15)7-10(6-8)17-13(18)11-3-1-2-4-12(11)16/h1-7H,(H,17,18). The molecule has 2 aromatic carbocycles. The highest BCUT2D eigenvalue weighted by Gasteiger charge is 2.11. The van der Waals surface area contributed by atoms with E-state index in [-0.39, 0.29) is 5.56 Å². The molecule has 0 aliphatic rings. The Morgan fingerprint density at radius 1 is 1.06 bits per heavy atom. The van der Waals surface area contributed by atoms with E-state index in [1.54, 1.807) is 24.3 Å². The summed E-state index contributed by atoms with van der Waals surface area (Å²) < 4.78 is 15.1. The van der Waals surface area contributed by atoms with Gasteiger partial charge in [0.05, 0.1) is 5.56 Å². The molecule has 0 aliphatic carbocycles. The second kappa shape index (κ2) is 5.63. The van der Waals surface area contributed by atoms with Gasteiger partial charge in [-0.25, -0.2) is 4.39 Å². The van der Waals surface area contributed by atoms with Crippen LogP contribution in [-0.4, -0.2) is 5.91 Å². The molecule has 1 N–H and O–H groups in total. The minimum absolute atomic E-state index is 0.0218. The first-order valence-corrected chi connectivity index (χ1v) is 6.67. The molecule has 1 amide bonds. The Hall–Kier alpha value is -1.20. The van der Waals surface area contributed by atoms with Crippen LogP contribution in [0.2, 0.25) is 0 Å². The van der Waals surface area contributed by atoms with Crippen LogP contribution in [0, 0.1) is 5.82 Å². The van der Waals surface area contributed by atoms with Gasteiger partial charge in [-0.15, -0.1) is 0 Å². The third kappa shape index (κ3) is 3.17. The fraction of sp³-hybridized carbons (Fsp3) is 0. The molecule has 0 heterocycles. The van der Waals surface area contributed by atoms with Crippen molar-refractivity contribution >= 4 is 43.5 Å². The molecule has 5 heteroatoms. The monoisotopic (exact) mass is 371 g/mol. The number of hydrogen-bond donors (Lipinski definition) is 1. The molecule has 0 atom stereocenters. The molecule has 18 heavy (non-hydrogen) atoms. The van der Waals surface area contributed by atoms with E-state index in [0.717, 1.165) is 8.95 Å². The van der Waals surface area contributed by atoms with E-state index in [1.165, 1.54) is 12.1 Å². The molecule has 2 nitrogen and oxygen atoms in total. The number of carbonyl (C=O) groups is 1. The van der Waals surface area contributed by atoms with Crippen LogP contribution in [0.3, 0.4) is 0 Å².